The molecule has 1 aliphatic rings. The molecule has 0 saturated heterocycles. The first-order valence-electron chi connectivity index (χ1n) is 12.5. The summed E-state index contributed by atoms with van der Waals surface area (Å²) < 4.78 is 34.9. The number of carbonyl (C=O) groups excluding carboxylic acids is 1. The summed E-state index contributed by atoms with van der Waals surface area (Å²) in [5.74, 6) is -0.919. The number of rotatable bonds is 7. The molecule has 38 heavy (non-hydrogen) atoms. The van der Waals surface area contributed by atoms with Crippen LogP contribution in [0, 0.1) is 11.6 Å². The number of halogens is 3. The smallest absolute Gasteiger partial charge is 0.266 e. The van der Waals surface area contributed by atoms with Crippen LogP contribution in [0.3, 0.4) is 0 Å². The van der Waals surface area contributed by atoms with E-state index in [1.807, 2.05) is 37.4 Å². The van der Waals surface area contributed by atoms with E-state index in [0.29, 0.717) is 11.8 Å². The van der Waals surface area contributed by atoms with Gasteiger partial charge in [-0.15, -0.1) is 11.3 Å². The van der Waals surface area contributed by atoms with Gasteiger partial charge in [0.05, 0.1) is 22.2 Å². The molecular formula is C29H28ClF2N3O2S. The van der Waals surface area contributed by atoms with Gasteiger partial charge in [-0.05, 0) is 80.3 Å². The van der Waals surface area contributed by atoms with Gasteiger partial charge in [0.1, 0.15) is 22.3 Å². The van der Waals surface area contributed by atoms with Gasteiger partial charge in [-0.1, -0.05) is 17.7 Å². The zero-order valence-electron chi connectivity index (χ0n) is 21.1. The molecule has 2 aromatic heterocycles. The number of nitrogens with zero attached hydrogens (tertiary/aromatic N) is 2. The number of benzene rings is 2. The summed E-state index contributed by atoms with van der Waals surface area (Å²) in [6, 6.07) is 12.2. The van der Waals surface area contributed by atoms with Gasteiger partial charge in [0.2, 0.25) is 0 Å². The highest BCUT2D eigenvalue weighted by molar-refractivity contribution is 7.21. The number of amides is 1. The Kier molecular flexibility index (Phi) is 7.93. The summed E-state index contributed by atoms with van der Waals surface area (Å²) in [6.07, 6.45) is 6.91. The van der Waals surface area contributed by atoms with E-state index in [-0.39, 0.29) is 38.5 Å². The Morgan fingerprint density at radius 2 is 1.79 bits per heavy atom. The van der Waals surface area contributed by atoms with Crippen molar-refractivity contribution < 1.29 is 18.3 Å². The van der Waals surface area contributed by atoms with E-state index in [0.717, 1.165) is 65.8 Å². The number of aromatic nitrogens is 1. The van der Waals surface area contributed by atoms with Crippen LogP contribution in [0.5, 0.6) is 5.75 Å². The Bertz CT molecular complexity index is 1460. The normalized spacial score (nSPS) is 17.5. The van der Waals surface area contributed by atoms with Crippen LogP contribution in [0.4, 0.5) is 8.78 Å². The molecule has 2 aromatic carbocycles. The molecule has 5 nitrogen and oxygen atoms in total. The molecule has 198 valence electrons. The maximum atomic E-state index is 14.6. The molecule has 0 atom stereocenters. The standard InChI is InChI=1S/C29H28ClF2N3O2S/c1-33-20-4-6-21(7-5-20)35(29(36)28-26(30)25-22(31)8-9-23(32)27(25)38-28)16-19-15-18(3-10-24(19)37-2)17-11-13-34-14-12-17/h3,8-15,20-21,33H,4-7,16H2,1-2H3. The summed E-state index contributed by atoms with van der Waals surface area (Å²) in [5.41, 5.74) is 2.80. The van der Waals surface area contributed by atoms with Crippen molar-refractivity contribution in [1.82, 2.24) is 15.2 Å². The van der Waals surface area contributed by atoms with Gasteiger partial charge >= 0.3 is 0 Å². The monoisotopic (exact) mass is 555 g/mol. The maximum absolute atomic E-state index is 14.6. The van der Waals surface area contributed by atoms with Crippen LogP contribution in [-0.4, -0.2) is 42.0 Å². The lowest BCUT2D eigenvalue weighted by Crippen LogP contribution is -2.44. The van der Waals surface area contributed by atoms with E-state index < -0.39 is 11.6 Å². The van der Waals surface area contributed by atoms with E-state index in [1.165, 1.54) is 0 Å². The molecule has 1 fully saturated rings. The molecule has 9 heteroatoms. The lowest BCUT2D eigenvalue weighted by molar-refractivity contribution is 0.0604. The predicted octanol–water partition coefficient (Wildman–Crippen LogP) is 7.08. The molecule has 0 unspecified atom stereocenters. The maximum Gasteiger partial charge on any atom is 0.266 e. The Labute approximate surface area is 229 Å². The van der Waals surface area contributed by atoms with Crippen molar-refractivity contribution in [3.8, 4) is 16.9 Å². The zero-order valence-corrected chi connectivity index (χ0v) is 22.7. The second-order valence-electron chi connectivity index (χ2n) is 9.47. The molecule has 1 aliphatic carbocycles. The molecule has 1 N–H and O–H groups in total. The first-order chi connectivity index (χ1) is 18.4. The minimum absolute atomic E-state index is 0.0431. The fraction of sp³-hybridized carbons (Fsp3) is 0.310. The molecule has 1 amide bonds. The Morgan fingerprint density at radius 1 is 1.08 bits per heavy atom. The fourth-order valence-corrected chi connectivity index (χ4v) is 6.72. The van der Waals surface area contributed by atoms with Crippen molar-refractivity contribution in [2.75, 3.05) is 14.2 Å². The number of ether oxygens (including phenoxy) is 1. The first kappa shape index (κ1) is 26.5. The van der Waals surface area contributed by atoms with E-state index in [2.05, 4.69) is 10.3 Å². The fourth-order valence-electron chi connectivity index (χ4n) is 5.22. The van der Waals surface area contributed by atoms with Gasteiger partial charge in [-0.2, -0.15) is 0 Å². The van der Waals surface area contributed by atoms with Crippen LogP contribution < -0.4 is 10.1 Å². The number of hydrogen-bond donors (Lipinski definition) is 1. The molecule has 5 rings (SSSR count). The van der Waals surface area contributed by atoms with Gasteiger partial charge in [0.15, 0.2) is 0 Å². The number of nitrogens with one attached hydrogen (secondary N) is 1. The van der Waals surface area contributed by atoms with E-state index in [1.54, 1.807) is 24.4 Å². The second kappa shape index (κ2) is 11.4. The molecule has 0 spiro atoms. The topological polar surface area (TPSA) is 54.5 Å². The number of carbonyl (C=O) groups is 1. The van der Waals surface area contributed by atoms with Crippen molar-refractivity contribution in [1.29, 1.82) is 0 Å². The van der Waals surface area contributed by atoms with Gasteiger partial charge in [-0.25, -0.2) is 8.78 Å². The quantitative estimate of drug-likeness (QED) is 0.265. The molecule has 2 heterocycles. The van der Waals surface area contributed by atoms with Crippen LogP contribution >= 0.6 is 22.9 Å². The van der Waals surface area contributed by atoms with Crippen molar-refractivity contribution in [3.05, 3.63) is 82.0 Å². The number of thiophene rings is 1. The Hall–Kier alpha value is -3.07. The summed E-state index contributed by atoms with van der Waals surface area (Å²) >= 11 is 7.44. The van der Waals surface area contributed by atoms with E-state index in [4.69, 9.17) is 16.3 Å². The Morgan fingerprint density at radius 3 is 2.45 bits per heavy atom. The molecule has 4 aromatic rings. The van der Waals surface area contributed by atoms with E-state index in [9.17, 15) is 13.6 Å². The third-order valence-electron chi connectivity index (χ3n) is 7.32. The lowest BCUT2D eigenvalue weighted by atomic mass is 9.89. The molecule has 1 saturated carbocycles. The number of hydrogen-bond acceptors (Lipinski definition) is 5. The largest absolute Gasteiger partial charge is 0.496 e. The van der Waals surface area contributed by atoms with Gasteiger partial charge < -0.3 is 15.0 Å². The summed E-state index contributed by atoms with van der Waals surface area (Å²) in [4.78, 5) is 20.1. The highest BCUT2D eigenvalue weighted by Crippen LogP contribution is 2.40. The van der Waals surface area contributed by atoms with Crippen LogP contribution in [0.15, 0.2) is 54.9 Å². The number of fused-ring (bicyclic) bond motifs is 1. The average Bonchev–Trinajstić information content (AvgIpc) is 3.32. The van der Waals surface area contributed by atoms with Crippen LogP contribution in [0.25, 0.3) is 21.2 Å². The minimum atomic E-state index is -0.644. The second-order valence-corrected chi connectivity index (χ2v) is 10.9. The molecule has 0 bridgehead atoms. The van der Waals surface area contributed by atoms with Gasteiger partial charge in [0.25, 0.3) is 5.91 Å². The average molecular weight is 556 g/mol. The zero-order chi connectivity index (χ0) is 26.8. The van der Waals surface area contributed by atoms with Crippen LogP contribution in [0.1, 0.15) is 40.9 Å². The van der Waals surface area contributed by atoms with Crippen LogP contribution in [-0.2, 0) is 6.54 Å². The summed E-state index contributed by atoms with van der Waals surface area (Å²) in [7, 11) is 3.55. The van der Waals surface area contributed by atoms with Gasteiger partial charge in [-0.3, -0.25) is 9.78 Å². The van der Waals surface area contributed by atoms with Crippen molar-refractivity contribution >= 4 is 38.9 Å². The summed E-state index contributed by atoms with van der Waals surface area (Å²) in [6.45, 7) is 0.269. The third-order valence-corrected chi connectivity index (χ3v) is 8.99. The van der Waals surface area contributed by atoms with Crippen molar-refractivity contribution in [2.24, 2.45) is 0 Å². The third kappa shape index (κ3) is 5.13. The van der Waals surface area contributed by atoms with Gasteiger partial charge in [0, 0.05) is 36.6 Å². The first-order valence-corrected chi connectivity index (χ1v) is 13.7. The summed E-state index contributed by atoms with van der Waals surface area (Å²) in [5, 5.41) is 3.24. The highest BCUT2D eigenvalue weighted by Gasteiger charge is 2.33. The van der Waals surface area contributed by atoms with Crippen molar-refractivity contribution in [3.63, 3.8) is 0 Å². The Balaban J connectivity index is 1.56. The predicted molar refractivity (Wildman–Crippen MR) is 148 cm³/mol. The van der Waals surface area contributed by atoms with E-state index >= 15 is 0 Å². The number of methoxy groups -OCH3 is 1. The molecule has 0 aliphatic heterocycles. The molecule has 0 radical (unpaired) electrons. The van der Waals surface area contributed by atoms with Crippen LogP contribution in [0.2, 0.25) is 5.02 Å². The SMILES string of the molecule is CNC1CCC(N(Cc2cc(-c3ccncc3)ccc2OC)C(=O)c2sc3c(F)ccc(F)c3c2Cl)CC1. The number of pyridine rings is 1. The molecular weight excluding hydrogens is 528 g/mol. The van der Waals surface area contributed by atoms with Crippen molar-refractivity contribution in [2.45, 2.75) is 44.3 Å². The highest BCUT2D eigenvalue weighted by atomic mass is 35.5. The minimum Gasteiger partial charge on any atom is -0.496 e. The lowest BCUT2D eigenvalue weighted by Gasteiger charge is -2.37.